The van der Waals surface area contributed by atoms with Gasteiger partial charge in [-0.2, -0.15) is 15.0 Å². The fraction of sp³-hybridized carbons (Fsp3) is 0.267. The van der Waals surface area contributed by atoms with E-state index in [2.05, 4.69) is 19.9 Å². The van der Waals surface area contributed by atoms with E-state index in [1.54, 1.807) is 0 Å². The predicted molar refractivity (Wildman–Crippen MR) is 80.9 cm³/mol. The molecule has 1 saturated heterocycles. The van der Waals surface area contributed by atoms with Crippen molar-refractivity contribution in [1.82, 2.24) is 15.0 Å². The third-order valence-corrected chi connectivity index (χ3v) is 3.68. The van der Waals surface area contributed by atoms with Crippen molar-refractivity contribution in [3.8, 4) is 11.6 Å². The number of nitrogen functional groups attached to an aromatic ring is 1. The normalized spacial score (nSPS) is 15.0. The van der Waals surface area contributed by atoms with E-state index in [0.29, 0.717) is 17.5 Å². The Labute approximate surface area is 121 Å². The summed E-state index contributed by atoms with van der Waals surface area (Å²) in [6, 6.07) is 9.75. The summed E-state index contributed by atoms with van der Waals surface area (Å²) >= 11 is 0. The van der Waals surface area contributed by atoms with E-state index in [0.717, 1.165) is 36.9 Å². The standard InChI is InChI=1S/C15H15N5O/c16-14-17-13(18-15(19-14)20-7-3-4-8-20)12-9-10-5-1-2-6-11(10)21-12/h1-2,5-6,9H,3-4,7-8H2,(H2,16,17,18,19). The zero-order valence-corrected chi connectivity index (χ0v) is 11.5. The fourth-order valence-corrected chi connectivity index (χ4v) is 2.64. The summed E-state index contributed by atoms with van der Waals surface area (Å²) in [5.74, 6) is 1.96. The molecule has 0 unspecified atom stereocenters. The van der Waals surface area contributed by atoms with E-state index in [9.17, 15) is 0 Å². The molecule has 0 radical (unpaired) electrons. The first-order valence-electron chi connectivity index (χ1n) is 7.05. The molecule has 0 atom stereocenters. The molecule has 0 spiro atoms. The lowest BCUT2D eigenvalue weighted by molar-refractivity contribution is 0.624. The third-order valence-electron chi connectivity index (χ3n) is 3.68. The molecule has 0 amide bonds. The summed E-state index contributed by atoms with van der Waals surface area (Å²) in [7, 11) is 0. The van der Waals surface area contributed by atoms with E-state index >= 15 is 0 Å². The van der Waals surface area contributed by atoms with E-state index in [-0.39, 0.29) is 5.95 Å². The average Bonchev–Trinajstić information content (AvgIpc) is 3.16. The zero-order valence-electron chi connectivity index (χ0n) is 11.5. The number of rotatable bonds is 2. The minimum Gasteiger partial charge on any atom is -0.453 e. The molecular formula is C15H15N5O. The van der Waals surface area contributed by atoms with Crippen molar-refractivity contribution in [2.24, 2.45) is 0 Å². The summed E-state index contributed by atoms with van der Waals surface area (Å²) in [6.45, 7) is 1.92. The second-order valence-electron chi connectivity index (χ2n) is 5.16. The van der Waals surface area contributed by atoms with Gasteiger partial charge in [0, 0.05) is 18.5 Å². The lowest BCUT2D eigenvalue weighted by Crippen LogP contribution is -2.21. The van der Waals surface area contributed by atoms with Gasteiger partial charge in [0.15, 0.2) is 5.76 Å². The molecule has 106 valence electrons. The lowest BCUT2D eigenvalue weighted by atomic mass is 10.2. The molecule has 3 aromatic rings. The maximum absolute atomic E-state index is 5.83. The molecule has 2 N–H and O–H groups in total. The monoisotopic (exact) mass is 281 g/mol. The van der Waals surface area contributed by atoms with E-state index in [1.807, 2.05) is 30.3 Å². The molecule has 0 aliphatic carbocycles. The van der Waals surface area contributed by atoms with Crippen LogP contribution in [0.5, 0.6) is 0 Å². The lowest BCUT2D eigenvalue weighted by Gasteiger charge is -2.15. The Balaban J connectivity index is 1.79. The number of hydrogen-bond acceptors (Lipinski definition) is 6. The number of para-hydroxylation sites is 1. The van der Waals surface area contributed by atoms with Crippen LogP contribution >= 0.6 is 0 Å². The largest absolute Gasteiger partial charge is 0.453 e. The maximum Gasteiger partial charge on any atom is 0.230 e. The predicted octanol–water partition coefficient (Wildman–Crippen LogP) is 2.47. The molecule has 6 nitrogen and oxygen atoms in total. The molecule has 4 rings (SSSR count). The molecule has 1 fully saturated rings. The van der Waals surface area contributed by atoms with Crippen LogP contribution in [0.2, 0.25) is 0 Å². The summed E-state index contributed by atoms with van der Waals surface area (Å²) in [4.78, 5) is 15.1. The molecule has 0 saturated carbocycles. The van der Waals surface area contributed by atoms with Crippen molar-refractivity contribution < 1.29 is 4.42 Å². The Morgan fingerprint density at radius 2 is 1.86 bits per heavy atom. The van der Waals surface area contributed by atoms with Crippen molar-refractivity contribution >= 4 is 22.9 Å². The van der Waals surface area contributed by atoms with Gasteiger partial charge in [0.05, 0.1) is 0 Å². The SMILES string of the molecule is Nc1nc(-c2cc3ccccc3o2)nc(N2CCCC2)n1. The van der Waals surface area contributed by atoms with E-state index < -0.39 is 0 Å². The molecular weight excluding hydrogens is 266 g/mol. The van der Waals surface area contributed by atoms with Crippen LogP contribution in [0.15, 0.2) is 34.7 Å². The van der Waals surface area contributed by atoms with Crippen molar-refractivity contribution in [1.29, 1.82) is 0 Å². The molecule has 3 heterocycles. The fourth-order valence-electron chi connectivity index (χ4n) is 2.64. The molecule has 1 aliphatic rings. The Morgan fingerprint density at radius 3 is 2.67 bits per heavy atom. The van der Waals surface area contributed by atoms with Crippen molar-refractivity contribution in [3.63, 3.8) is 0 Å². The minimum atomic E-state index is 0.224. The van der Waals surface area contributed by atoms with Crippen molar-refractivity contribution in [3.05, 3.63) is 30.3 Å². The number of benzene rings is 1. The van der Waals surface area contributed by atoms with Crippen LogP contribution in [-0.2, 0) is 0 Å². The van der Waals surface area contributed by atoms with E-state index in [1.165, 1.54) is 0 Å². The summed E-state index contributed by atoms with van der Waals surface area (Å²) in [6.07, 6.45) is 2.32. The second-order valence-corrected chi connectivity index (χ2v) is 5.16. The van der Waals surface area contributed by atoms with Crippen LogP contribution in [0.3, 0.4) is 0 Å². The minimum absolute atomic E-state index is 0.224. The number of aromatic nitrogens is 3. The van der Waals surface area contributed by atoms with Crippen LogP contribution in [0.25, 0.3) is 22.6 Å². The van der Waals surface area contributed by atoms with Gasteiger partial charge >= 0.3 is 0 Å². The average molecular weight is 281 g/mol. The quantitative estimate of drug-likeness (QED) is 0.777. The second kappa shape index (κ2) is 4.73. The van der Waals surface area contributed by atoms with Crippen LogP contribution in [0.4, 0.5) is 11.9 Å². The molecule has 1 aromatic carbocycles. The smallest absolute Gasteiger partial charge is 0.230 e. The Hall–Kier alpha value is -2.63. The number of anilines is 2. The summed E-state index contributed by atoms with van der Waals surface area (Å²) < 4.78 is 5.80. The van der Waals surface area contributed by atoms with Crippen molar-refractivity contribution in [2.75, 3.05) is 23.7 Å². The van der Waals surface area contributed by atoms with Crippen LogP contribution in [-0.4, -0.2) is 28.0 Å². The van der Waals surface area contributed by atoms with Gasteiger partial charge < -0.3 is 15.1 Å². The number of furan rings is 1. The van der Waals surface area contributed by atoms with Crippen LogP contribution in [0, 0.1) is 0 Å². The third kappa shape index (κ3) is 2.18. The first-order valence-corrected chi connectivity index (χ1v) is 7.05. The summed E-state index contributed by atoms with van der Waals surface area (Å²) in [5.41, 5.74) is 6.64. The van der Waals surface area contributed by atoms with Gasteiger partial charge in [0.25, 0.3) is 0 Å². The molecule has 1 aliphatic heterocycles. The van der Waals surface area contributed by atoms with E-state index in [4.69, 9.17) is 10.2 Å². The Bertz CT molecular complexity index is 759. The number of hydrogen-bond donors (Lipinski definition) is 1. The Morgan fingerprint density at radius 1 is 1.05 bits per heavy atom. The van der Waals surface area contributed by atoms with Gasteiger partial charge in [-0.15, -0.1) is 0 Å². The van der Waals surface area contributed by atoms with Crippen LogP contribution < -0.4 is 10.6 Å². The number of nitrogens with two attached hydrogens (primary N) is 1. The highest BCUT2D eigenvalue weighted by atomic mass is 16.3. The van der Waals surface area contributed by atoms with Gasteiger partial charge in [-0.3, -0.25) is 0 Å². The zero-order chi connectivity index (χ0) is 14.2. The molecule has 21 heavy (non-hydrogen) atoms. The molecule has 2 aromatic heterocycles. The van der Waals surface area contributed by atoms with Gasteiger partial charge in [-0.1, -0.05) is 18.2 Å². The molecule has 6 heteroatoms. The highest BCUT2D eigenvalue weighted by Crippen LogP contribution is 2.27. The first kappa shape index (κ1) is 12.1. The Kier molecular flexibility index (Phi) is 2.73. The highest BCUT2D eigenvalue weighted by molar-refractivity contribution is 5.81. The highest BCUT2D eigenvalue weighted by Gasteiger charge is 2.18. The number of fused-ring (bicyclic) bond motifs is 1. The van der Waals surface area contributed by atoms with Crippen LogP contribution in [0.1, 0.15) is 12.8 Å². The van der Waals surface area contributed by atoms with Gasteiger partial charge in [0.1, 0.15) is 5.58 Å². The van der Waals surface area contributed by atoms with Crippen molar-refractivity contribution in [2.45, 2.75) is 12.8 Å². The molecule has 0 bridgehead atoms. The first-order chi connectivity index (χ1) is 10.3. The van der Waals surface area contributed by atoms with Gasteiger partial charge in [-0.05, 0) is 25.0 Å². The van der Waals surface area contributed by atoms with Gasteiger partial charge in [0.2, 0.25) is 17.7 Å². The number of nitrogens with zero attached hydrogens (tertiary/aromatic N) is 4. The maximum atomic E-state index is 5.83. The summed E-state index contributed by atoms with van der Waals surface area (Å²) in [5, 5.41) is 1.02. The van der Waals surface area contributed by atoms with Gasteiger partial charge in [-0.25, -0.2) is 0 Å². The topological polar surface area (TPSA) is 81.1 Å².